The molecule has 0 spiro atoms. The van der Waals surface area contributed by atoms with E-state index in [4.69, 9.17) is 0 Å². The van der Waals surface area contributed by atoms with Crippen molar-refractivity contribution in [1.82, 2.24) is 4.90 Å². The summed E-state index contributed by atoms with van der Waals surface area (Å²) in [4.78, 5) is 13.9. The van der Waals surface area contributed by atoms with Crippen LogP contribution in [-0.4, -0.2) is 37.1 Å². The van der Waals surface area contributed by atoms with E-state index in [-0.39, 0.29) is 18.5 Å². The number of amides is 1. The molecule has 1 aliphatic heterocycles. The maximum Gasteiger partial charge on any atom is 0.238 e. The lowest BCUT2D eigenvalue weighted by Gasteiger charge is -2.30. The molecule has 1 aromatic carbocycles. The van der Waals surface area contributed by atoms with Crippen LogP contribution >= 0.6 is 15.9 Å². The summed E-state index contributed by atoms with van der Waals surface area (Å²) in [5, 5.41) is 2.85. The van der Waals surface area contributed by atoms with E-state index in [2.05, 4.69) is 21.2 Å². The van der Waals surface area contributed by atoms with Crippen molar-refractivity contribution in [2.75, 3.05) is 31.6 Å². The quantitative estimate of drug-likeness (QED) is 0.921. The van der Waals surface area contributed by atoms with Crippen LogP contribution in [0, 0.1) is 5.92 Å². The Morgan fingerprint density at radius 2 is 2.16 bits per heavy atom. The van der Waals surface area contributed by atoms with Gasteiger partial charge in [-0.25, -0.2) is 0 Å². The van der Waals surface area contributed by atoms with Gasteiger partial charge >= 0.3 is 0 Å². The zero-order chi connectivity index (χ0) is 13.7. The van der Waals surface area contributed by atoms with E-state index in [9.17, 15) is 9.18 Å². The van der Waals surface area contributed by atoms with Crippen molar-refractivity contribution in [2.24, 2.45) is 5.92 Å². The zero-order valence-corrected chi connectivity index (χ0v) is 12.3. The fraction of sp³-hybridized carbons (Fsp3) is 0.500. The molecule has 1 aliphatic rings. The molecular formula is C14H18BrFN2O. The van der Waals surface area contributed by atoms with Gasteiger partial charge in [-0.1, -0.05) is 15.9 Å². The lowest BCUT2D eigenvalue weighted by atomic mass is 9.99. The van der Waals surface area contributed by atoms with Gasteiger partial charge in [0.15, 0.2) is 0 Å². The molecule has 1 saturated heterocycles. The minimum atomic E-state index is -0.287. The number of benzene rings is 1. The van der Waals surface area contributed by atoms with E-state index < -0.39 is 0 Å². The van der Waals surface area contributed by atoms with Crippen LogP contribution in [0.5, 0.6) is 0 Å². The first-order valence-corrected chi connectivity index (χ1v) is 7.30. The Morgan fingerprint density at radius 1 is 1.42 bits per heavy atom. The summed E-state index contributed by atoms with van der Waals surface area (Å²) in [5.74, 6) is 0.0519. The second-order valence-electron chi connectivity index (χ2n) is 4.95. The molecule has 1 atom stereocenters. The van der Waals surface area contributed by atoms with E-state index >= 15 is 0 Å². The van der Waals surface area contributed by atoms with Gasteiger partial charge in [0.05, 0.1) is 13.2 Å². The largest absolute Gasteiger partial charge is 0.325 e. The first-order chi connectivity index (χ1) is 9.17. The number of anilines is 1. The summed E-state index contributed by atoms with van der Waals surface area (Å²) in [5.41, 5.74) is 0.784. The lowest BCUT2D eigenvalue weighted by Crippen LogP contribution is -2.41. The molecule has 104 valence electrons. The van der Waals surface area contributed by atoms with Gasteiger partial charge in [0.2, 0.25) is 5.91 Å². The first-order valence-electron chi connectivity index (χ1n) is 6.51. The number of nitrogens with zero attached hydrogens (tertiary/aromatic N) is 1. The number of rotatable bonds is 4. The minimum Gasteiger partial charge on any atom is -0.325 e. The number of likely N-dealkylation sites (tertiary alicyclic amines) is 1. The van der Waals surface area contributed by atoms with Crippen LogP contribution in [0.15, 0.2) is 28.7 Å². The Hall–Kier alpha value is -0.940. The van der Waals surface area contributed by atoms with Gasteiger partial charge in [0, 0.05) is 22.6 Å². The van der Waals surface area contributed by atoms with E-state index in [1.165, 1.54) is 0 Å². The molecule has 19 heavy (non-hydrogen) atoms. The van der Waals surface area contributed by atoms with Crippen molar-refractivity contribution in [3.63, 3.8) is 0 Å². The summed E-state index contributed by atoms with van der Waals surface area (Å²) in [6.45, 7) is 1.62. The Morgan fingerprint density at radius 3 is 2.84 bits per heavy atom. The fourth-order valence-corrected chi connectivity index (χ4v) is 2.62. The fourth-order valence-electron chi connectivity index (χ4n) is 2.36. The predicted molar refractivity (Wildman–Crippen MR) is 77.9 cm³/mol. The van der Waals surface area contributed by atoms with Gasteiger partial charge in [-0.2, -0.15) is 0 Å². The van der Waals surface area contributed by atoms with E-state index in [0.29, 0.717) is 13.1 Å². The predicted octanol–water partition coefficient (Wildman–Crippen LogP) is 3.07. The molecule has 0 aromatic heterocycles. The van der Waals surface area contributed by atoms with Crippen molar-refractivity contribution in [1.29, 1.82) is 0 Å². The number of nitrogens with one attached hydrogen (secondary N) is 1. The highest BCUT2D eigenvalue weighted by Gasteiger charge is 2.21. The van der Waals surface area contributed by atoms with Gasteiger partial charge in [0.25, 0.3) is 0 Å². The SMILES string of the molecule is O=C(CN1CCCC(CF)C1)Nc1ccc(Br)cc1. The van der Waals surface area contributed by atoms with Crippen molar-refractivity contribution >= 4 is 27.5 Å². The van der Waals surface area contributed by atoms with Crippen molar-refractivity contribution in [3.05, 3.63) is 28.7 Å². The molecule has 1 N–H and O–H groups in total. The second-order valence-corrected chi connectivity index (χ2v) is 5.87. The van der Waals surface area contributed by atoms with E-state index in [0.717, 1.165) is 29.5 Å². The Bertz CT molecular complexity index is 424. The van der Waals surface area contributed by atoms with Crippen LogP contribution in [0.2, 0.25) is 0 Å². The van der Waals surface area contributed by atoms with Crippen LogP contribution in [0.3, 0.4) is 0 Å². The molecule has 1 amide bonds. The number of carbonyl (C=O) groups is 1. The minimum absolute atomic E-state index is 0.0400. The van der Waals surface area contributed by atoms with Crippen LogP contribution in [0.1, 0.15) is 12.8 Å². The molecule has 0 aliphatic carbocycles. The van der Waals surface area contributed by atoms with Gasteiger partial charge < -0.3 is 5.32 Å². The summed E-state index contributed by atoms with van der Waals surface area (Å²) >= 11 is 3.35. The summed E-state index contributed by atoms with van der Waals surface area (Å²) < 4.78 is 13.6. The zero-order valence-electron chi connectivity index (χ0n) is 10.7. The summed E-state index contributed by atoms with van der Waals surface area (Å²) in [6.07, 6.45) is 1.90. The highest BCUT2D eigenvalue weighted by molar-refractivity contribution is 9.10. The number of hydrogen-bond donors (Lipinski definition) is 1. The third kappa shape index (κ3) is 4.58. The molecule has 3 nitrogen and oxygen atoms in total. The first kappa shape index (κ1) is 14.5. The van der Waals surface area contributed by atoms with Crippen LogP contribution in [0.4, 0.5) is 10.1 Å². The monoisotopic (exact) mass is 328 g/mol. The maximum absolute atomic E-state index is 12.6. The van der Waals surface area contributed by atoms with Gasteiger partial charge in [-0.15, -0.1) is 0 Å². The maximum atomic E-state index is 12.6. The standard InChI is InChI=1S/C14H18BrFN2O/c15-12-3-5-13(6-4-12)17-14(19)10-18-7-1-2-11(8-16)9-18/h3-6,11H,1-2,7-10H2,(H,17,19). The lowest BCUT2D eigenvalue weighted by molar-refractivity contribution is -0.117. The smallest absolute Gasteiger partial charge is 0.238 e. The Kier molecular flexibility index (Phi) is 5.34. The second kappa shape index (κ2) is 7.01. The Labute approximate surface area is 121 Å². The van der Waals surface area contributed by atoms with Crippen LogP contribution in [-0.2, 0) is 4.79 Å². The molecule has 0 radical (unpaired) electrons. The average molecular weight is 329 g/mol. The number of alkyl halides is 1. The van der Waals surface area contributed by atoms with Crippen molar-refractivity contribution < 1.29 is 9.18 Å². The van der Waals surface area contributed by atoms with Gasteiger partial charge in [0.1, 0.15) is 0 Å². The van der Waals surface area contributed by atoms with Crippen LogP contribution < -0.4 is 5.32 Å². The molecule has 5 heteroatoms. The topological polar surface area (TPSA) is 32.3 Å². The molecule has 1 aromatic rings. The number of hydrogen-bond acceptors (Lipinski definition) is 2. The number of halogens is 2. The van der Waals surface area contributed by atoms with Crippen LogP contribution in [0.25, 0.3) is 0 Å². The summed E-state index contributed by atoms with van der Waals surface area (Å²) in [7, 11) is 0. The van der Waals surface area contributed by atoms with Gasteiger partial charge in [-0.3, -0.25) is 14.1 Å². The third-order valence-electron chi connectivity index (χ3n) is 3.32. The number of carbonyl (C=O) groups excluding carboxylic acids is 1. The molecule has 1 fully saturated rings. The van der Waals surface area contributed by atoms with Crippen molar-refractivity contribution in [3.8, 4) is 0 Å². The molecular weight excluding hydrogens is 311 g/mol. The molecule has 1 unspecified atom stereocenters. The average Bonchev–Trinajstić information content (AvgIpc) is 2.41. The molecule has 1 heterocycles. The molecule has 2 rings (SSSR count). The molecule has 0 bridgehead atoms. The van der Waals surface area contributed by atoms with E-state index in [1.807, 2.05) is 29.2 Å². The van der Waals surface area contributed by atoms with E-state index in [1.54, 1.807) is 0 Å². The highest BCUT2D eigenvalue weighted by atomic mass is 79.9. The highest BCUT2D eigenvalue weighted by Crippen LogP contribution is 2.17. The number of piperidine rings is 1. The summed E-state index contributed by atoms with van der Waals surface area (Å²) in [6, 6.07) is 7.47. The third-order valence-corrected chi connectivity index (χ3v) is 3.85. The Balaban J connectivity index is 1.82. The van der Waals surface area contributed by atoms with Gasteiger partial charge in [-0.05, 0) is 43.7 Å². The normalized spacial score (nSPS) is 20.2. The van der Waals surface area contributed by atoms with Crippen molar-refractivity contribution in [2.45, 2.75) is 12.8 Å². The molecule has 0 saturated carbocycles.